The zero-order valence-corrected chi connectivity index (χ0v) is 19.0. The topological polar surface area (TPSA) is 105 Å². The number of nitrogens with zero attached hydrogens (tertiary/aromatic N) is 7. The first-order valence-corrected chi connectivity index (χ1v) is 11.5. The molecule has 0 atom stereocenters. The summed E-state index contributed by atoms with van der Waals surface area (Å²) in [6.07, 6.45) is 0.702. The third kappa shape index (κ3) is 4.67. The molecule has 1 aromatic heterocycles. The minimum atomic E-state index is -0.326. The second-order valence-electron chi connectivity index (χ2n) is 8.55. The zero-order chi connectivity index (χ0) is 24.4. The minimum absolute atomic E-state index is 0.0115. The van der Waals surface area contributed by atoms with Crippen LogP contribution in [0.4, 0.5) is 4.39 Å². The molecule has 1 saturated heterocycles. The average molecular weight is 478 g/mol. The highest BCUT2D eigenvalue weighted by atomic mass is 19.1. The van der Waals surface area contributed by atoms with Gasteiger partial charge in [0.2, 0.25) is 5.91 Å². The van der Waals surface area contributed by atoms with E-state index < -0.39 is 0 Å². The Balaban J connectivity index is 1.09. The monoisotopic (exact) mass is 477 g/mol. The molecule has 0 N–H and O–H groups in total. The van der Waals surface area contributed by atoms with Crippen LogP contribution in [0.3, 0.4) is 0 Å². The molecule has 2 aromatic carbocycles. The zero-order valence-electron chi connectivity index (χ0n) is 19.0. The Kier molecular flexibility index (Phi) is 6.32. The molecule has 0 radical (unpaired) electrons. The van der Waals surface area contributed by atoms with Gasteiger partial charge < -0.3 is 4.90 Å². The highest BCUT2D eigenvalue weighted by Crippen LogP contribution is 2.23. The number of aromatic nitrogens is 4. The minimum Gasteiger partial charge on any atom is -0.340 e. The molecule has 35 heavy (non-hydrogen) atoms. The normalized spacial score (nSPS) is 16.1. The predicted octanol–water partition coefficient (Wildman–Crippen LogP) is 1.52. The Bertz CT molecular complexity index is 1220. The number of hydrogen-bond donors (Lipinski definition) is 0. The van der Waals surface area contributed by atoms with Gasteiger partial charge in [0.05, 0.1) is 23.4 Å². The molecule has 0 unspecified atom stereocenters. The lowest BCUT2D eigenvalue weighted by atomic mass is 10.1. The van der Waals surface area contributed by atoms with Crippen LogP contribution in [0.25, 0.3) is 5.69 Å². The van der Waals surface area contributed by atoms with Gasteiger partial charge in [0.15, 0.2) is 5.82 Å². The quantitative estimate of drug-likeness (QED) is 0.475. The maximum Gasteiger partial charge on any atom is 0.261 e. The van der Waals surface area contributed by atoms with Crippen LogP contribution < -0.4 is 0 Å². The summed E-state index contributed by atoms with van der Waals surface area (Å²) in [5, 5.41) is 11.8. The Morgan fingerprint density at radius 1 is 0.914 bits per heavy atom. The molecule has 5 rings (SSSR count). The first-order chi connectivity index (χ1) is 17.0. The lowest BCUT2D eigenvalue weighted by Crippen LogP contribution is -2.48. The van der Waals surface area contributed by atoms with Crippen molar-refractivity contribution in [3.8, 4) is 5.69 Å². The van der Waals surface area contributed by atoms with Gasteiger partial charge in [-0.25, -0.2) is 4.39 Å². The van der Waals surface area contributed by atoms with E-state index in [1.807, 2.05) is 4.90 Å². The SMILES string of the molecule is O=C(CCCN1C(=O)c2ccccc2C1=O)N1CCN(Cc2nnnn2-c2ccc(F)cc2)CC1. The van der Waals surface area contributed by atoms with Crippen LogP contribution >= 0.6 is 0 Å². The number of fused-ring (bicyclic) bond motifs is 1. The molecule has 3 amide bonds. The molecular weight excluding hydrogens is 453 g/mol. The number of benzene rings is 2. The highest BCUT2D eigenvalue weighted by molar-refractivity contribution is 6.21. The van der Waals surface area contributed by atoms with Gasteiger partial charge >= 0.3 is 0 Å². The first kappa shape index (κ1) is 22.8. The van der Waals surface area contributed by atoms with E-state index in [2.05, 4.69) is 20.4 Å². The van der Waals surface area contributed by atoms with Crippen molar-refractivity contribution in [3.63, 3.8) is 0 Å². The molecule has 0 saturated carbocycles. The van der Waals surface area contributed by atoms with Crippen molar-refractivity contribution in [1.29, 1.82) is 0 Å². The first-order valence-electron chi connectivity index (χ1n) is 11.5. The summed E-state index contributed by atoms with van der Waals surface area (Å²) in [6.45, 7) is 3.21. The second kappa shape index (κ2) is 9.71. The van der Waals surface area contributed by atoms with Crippen molar-refractivity contribution in [2.24, 2.45) is 0 Å². The largest absolute Gasteiger partial charge is 0.340 e. The lowest BCUT2D eigenvalue weighted by molar-refractivity contribution is -0.133. The Morgan fingerprint density at radius 3 is 2.23 bits per heavy atom. The van der Waals surface area contributed by atoms with Crippen molar-refractivity contribution < 1.29 is 18.8 Å². The van der Waals surface area contributed by atoms with E-state index in [4.69, 9.17) is 0 Å². The smallest absolute Gasteiger partial charge is 0.261 e. The highest BCUT2D eigenvalue weighted by Gasteiger charge is 2.34. The Labute approximate surface area is 200 Å². The third-order valence-corrected chi connectivity index (χ3v) is 6.35. The number of carbonyl (C=O) groups excluding carboxylic acids is 3. The van der Waals surface area contributed by atoms with Crippen molar-refractivity contribution in [2.45, 2.75) is 19.4 Å². The van der Waals surface area contributed by atoms with E-state index in [0.29, 0.717) is 61.8 Å². The van der Waals surface area contributed by atoms with Crippen LogP contribution in [-0.4, -0.2) is 85.4 Å². The molecule has 11 heteroatoms. The van der Waals surface area contributed by atoms with Gasteiger partial charge in [-0.15, -0.1) is 5.10 Å². The molecular formula is C24H24FN7O3. The van der Waals surface area contributed by atoms with Crippen LogP contribution in [0.2, 0.25) is 0 Å². The van der Waals surface area contributed by atoms with E-state index in [0.717, 1.165) is 0 Å². The molecule has 10 nitrogen and oxygen atoms in total. The molecule has 3 aromatic rings. The Hall–Kier alpha value is -3.99. The van der Waals surface area contributed by atoms with Crippen molar-refractivity contribution in [3.05, 3.63) is 71.3 Å². The number of halogens is 1. The van der Waals surface area contributed by atoms with Gasteiger partial charge in [0.25, 0.3) is 11.8 Å². The molecule has 0 bridgehead atoms. The van der Waals surface area contributed by atoms with Gasteiger partial charge in [-0.05, 0) is 53.2 Å². The Morgan fingerprint density at radius 2 is 1.57 bits per heavy atom. The molecule has 1 fully saturated rings. The summed E-state index contributed by atoms with van der Waals surface area (Å²) in [5.74, 6) is -0.271. The van der Waals surface area contributed by atoms with Gasteiger partial charge in [-0.1, -0.05) is 12.1 Å². The van der Waals surface area contributed by atoms with Crippen LogP contribution in [0.15, 0.2) is 48.5 Å². The summed E-state index contributed by atoms with van der Waals surface area (Å²) in [5.41, 5.74) is 1.52. The van der Waals surface area contributed by atoms with Crippen LogP contribution in [0, 0.1) is 5.82 Å². The summed E-state index contributed by atoms with van der Waals surface area (Å²) in [4.78, 5) is 42.8. The number of amides is 3. The maximum atomic E-state index is 13.2. The number of tetrazole rings is 1. The molecule has 2 aliphatic heterocycles. The van der Waals surface area contributed by atoms with Crippen LogP contribution in [0.5, 0.6) is 0 Å². The van der Waals surface area contributed by atoms with E-state index in [-0.39, 0.29) is 36.5 Å². The molecule has 3 heterocycles. The van der Waals surface area contributed by atoms with Crippen molar-refractivity contribution in [2.75, 3.05) is 32.7 Å². The second-order valence-corrected chi connectivity index (χ2v) is 8.55. The van der Waals surface area contributed by atoms with Crippen LogP contribution in [0.1, 0.15) is 39.4 Å². The summed E-state index contributed by atoms with van der Waals surface area (Å²) >= 11 is 0. The fraction of sp³-hybridized carbons (Fsp3) is 0.333. The molecule has 2 aliphatic rings. The van der Waals surface area contributed by atoms with Gasteiger partial charge in [-0.3, -0.25) is 24.2 Å². The van der Waals surface area contributed by atoms with E-state index >= 15 is 0 Å². The van der Waals surface area contributed by atoms with Gasteiger partial charge in [-0.2, -0.15) is 4.68 Å². The van der Waals surface area contributed by atoms with E-state index in [1.165, 1.54) is 17.0 Å². The van der Waals surface area contributed by atoms with Gasteiger partial charge in [0, 0.05) is 39.1 Å². The standard InChI is InChI=1S/C24H24FN7O3/c25-17-7-9-18(10-8-17)32-21(26-27-28-32)16-29-12-14-30(15-13-29)22(33)6-3-11-31-23(34)19-4-1-2-5-20(19)24(31)35/h1-2,4-5,7-10H,3,6,11-16H2. The fourth-order valence-electron chi connectivity index (χ4n) is 4.43. The number of hydrogen-bond acceptors (Lipinski definition) is 7. The summed E-state index contributed by atoms with van der Waals surface area (Å²) < 4.78 is 14.8. The van der Waals surface area contributed by atoms with E-state index in [9.17, 15) is 18.8 Å². The lowest BCUT2D eigenvalue weighted by Gasteiger charge is -2.34. The molecule has 0 aliphatic carbocycles. The van der Waals surface area contributed by atoms with Crippen LogP contribution in [-0.2, 0) is 11.3 Å². The molecule has 180 valence electrons. The maximum absolute atomic E-state index is 13.2. The number of piperazine rings is 1. The van der Waals surface area contributed by atoms with Crippen molar-refractivity contribution in [1.82, 2.24) is 34.9 Å². The molecule has 0 spiro atoms. The number of imide groups is 1. The van der Waals surface area contributed by atoms with Gasteiger partial charge in [0.1, 0.15) is 5.82 Å². The average Bonchev–Trinajstić information content (AvgIpc) is 3.43. The number of rotatable bonds is 7. The summed E-state index contributed by atoms with van der Waals surface area (Å²) in [7, 11) is 0. The third-order valence-electron chi connectivity index (χ3n) is 6.35. The predicted molar refractivity (Wildman–Crippen MR) is 122 cm³/mol. The van der Waals surface area contributed by atoms with E-state index in [1.54, 1.807) is 41.1 Å². The van der Waals surface area contributed by atoms with Crippen molar-refractivity contribution >= 4 is 17.7 Å². The fourth-order valence-corrected chi connectivity index (χ4v) is 4.43. The summed E-state index contributed by atoms with van der Waals surface area (Å²) in [6, 6.07) is 12.7. The number of carbonyl (C=O) groups is 3.